The Morgan fingerprint density at radius 1 is 1.41 bits per heavy atom. The first kappa shape index (κ1) is 14.3. The number of hydrogen-bond donors (Lipinski definition) is 1. The summed E-state index contributed by atoms with van der Waals surface area (Å²) in [4.78, 5) is 2.85. The second-order valence-electron chi connectivity index (χ2n) is 5.08. The van der Waals surface area contributed by atoms with Crippen molar-refractivity contribution in [3.8, 4) is 0 Å². The molecule has 1 N–H and O–H groups in total. The number of rotatable bonds is 7. The molecule has 1 aromatic heterocycles. The van der Waals surface area contributed by atoms with Crippen LogP contribution in [0.3, 0.4) is 0 Å². The van der Waals surface area contributed by atoms with Crippen molar-refractivity contribution in [2.45, 2.75) is 39.2 Å². The summed E-state index contributed by atoms with van der Waals surface area (Å²) in [5, 5.41) is 3.42. The van der Waals surface area contributed by atoms with E-state index in [0.717, 1.165) is 26.1 Å². The van der Waals surface area contributed by atoms with Crippen molar-refractivity contribution in [2.75, 3.05) is 13.2 Å². The predicted octanol–water partition coefficient (Wildman–Crippen LogP) is 3.69. The molecule has 0 bridgehead atoms. The molecule has 0 saturated carbocycles. The quantitative estimate of drug-likeness (QED) is 0.591. The molecule has 96 valence electrons. The van der Waals surface area contributed by atoms with Gasteiger partial charge in [-0.3, -0.25) is 0 Å². The Balaban J connectivity index is 2.24. The molecule has 2 nitrogen and oxygen atoms in total. The van der Waals surface area contributed by atoms with E-state index in [1.54, 1.807) is 0 Å². The second-order valence-corrected chi connectivity index (χ2v) is 6.25. The third-order valence-electron chi connectivity index (χ3n) is 2.43. The van der Waals surface area contributed by atoms with E-state index in [9.17, 15) is 0 Å². The first-order chi connectivity index (χ1) is 8.04. The Kier molecular flexibility index (Phi) is 5.72. The highest BCUT2D eigenvalue weighted by atomic mass is 32.1. The molecular weight excluding hydrogens is 230 g/mol. The maximum atomic E-state index is 5.06. The van der Waals surface area contributed by atoms with Gasteiger partial charge in [-0.05, 0) is 30.5 Å². The minimum absolute atomic E-state index is 0.265. The fraction of sp³-hybridized carbons (Fsp3) is 0.571. The van der Waals surface area contributed by atoms with Crippen molar-refractivity contribution in [1.29, 1.82) is 0 Å². The molecule has 0 aliphatic rings. The first-order valence-electron chi connectivity index (χ1n) is 6.06. The maximum absolute atomic E-state index is 5.06. The molecule has 0 atom stereocenters. The molecule has 0 unspecified atom stereocenters. The van der Waals surface area contributed by atoms with Crippen molar-refractivity contribution in [1.82, 2.24) is 5.32 Å². The van der Waals surface area contributed by atoms with E-state index >= 15 is 0 Å². The number of ether oxygens (including phenoxy) is 1. The minimum Gasteiger partial charge on any atom is -0.502 e. The second kappa shape index (κ2) is 6.82. The lowest BCUT2D eigenvalue weighted by atomic mass is 9.95. The lowest BCUT2D eigenvalue weighted by Gasteiger charge is -2.15. The van der Waals surface area contributed by atoms with Crippen molar-refractivity contribution in [3.05, 3.63) is 34.7 Å². The Hall–Kier alpha value is -0.800. The van der Waals surface area contributed by atoms with Crippen LogP contribution in [0, 0.1) is 0 Å². The molecule has 0 aliphatic heterocycles. The molecule has 1 aromatic rings. The minimum atomic E-state index is 0.265. The van der Waals surface area contributed by atoms with Gasteiger partial charge in [-0.15, -0.1) is 11.3 Å². The van der Waals surface area contributed by atoms with Crippen molar-refractivity contribution in [2.24, 2.45) is 0 Å². The average molecular weight is 253 g/mol. The maximum Gasteiger partial charge on any atom is 0.0885 e. The lowest BCUT2D eigenvalue weighted by molar-refractivity contribution is 0.244. The Morgan fingerprint density at radius 3 is 2.76 bits per heavy atom. The summed E-state index contributed by atoms with van der Waals surface area (Å²) in [5.74, 6) is 0. The van der Waals surface area contributed by atoms with Crippen LogP contribution in [0.15, 0.2) is 25.0 Å². The van der Waals surface area contributed by atoms with Gasteiger partial charge in [0.05, 0.1) is 12.9 Å². The number of thiophene rings is 1. The van der Waals surface area contributed by atoms with E-state index in [-0.39, 0.29) is 5.41 Å². The van der Waals surface area contributed by atoms with E-state index in [1.165, 1.54) is 16.0 Å². The third kappa shape index (κ3) is 5.37. The van der Waals surface area contributed by atoms with Gasteiger partial charge in [-0.1, -0.05) is 27.4 Å². The van der Waals surface area contributed by atoms with Crippen LogP contribution < -0.4 is 5.32 Å². The van der Waals surface area contributed by atoms with Crippen molar-refractivity contribution in [3.63, 3.8) is 0 Å². The van der Waals surface area contributed by atoms with Gasteiger partial charge in [0.2, 0.25) is 0 Å². The zero-order valence-corrected chi connectivity index (χ0v) is 11.9. The summed E-state index contributed by atoms with van der Waals surface area (Å²) in [6.45, 7) is 12.9. The molecule has 0 aromatic carbocycles. The van der Waals surface area contributed by atoms with E-state index in [4.69, 9.17) is 4.74 Å². The highest BCUT2D eigenvalue weighted by Gasteiger charge is 2.15. The van der Waals surface area contributed by atoms with Crippen LogP contribution in [0.4, 0.5) is 0 Å². The fourth-order valence-electron chi connectivity index (χ4n) is 1.45. The molecular formula is C14H23NOS. The van der Waals surface area contributed by atoms with Crippen LogP contribution in [0.25, 0.3) is 0 Å². The third-order valence-corrected chi connectivity index (χ3v) is 3.94. The molecule has 0 aliphatic carbocycles. The Morgan fingerprint density at radius 2 is 2.18 bits per heavy atom. The topological polar surface area (TPSA) is 21.3 Å². The summed E-state index contributed by atoms with van der Waals surface area (Å²) in [6, 6.07) is 4.46. The average Bonchev–Trinajstić information content (AvgIpc) is 2.71. The van der Waals surface area contributed by atoms with Gasteiger partial charge in [0.25, 0.3) is 0 Å². The molecule has 3 heteroatoms. The smallest absolute Gasteiger partial charge is 0.0885 e. The van der Waals surface area contributed by atoms with Crippen LogP contribution in [0.5, 0.6) is 0 Å². The van der Waals surface area contributed by atoms with Gasteiger partial charge in [0, 0.05) is 16.3 Å². The lowest BCUT2D eigenvalue weighted by Crippen LogP contribution is -2.15. The first-order valence-corrected chi connectivity index (χ1v) is 6.88. The summed E-state index contributed by atoms with van der Waals surface area (Å²) in [5.41, 5.74) is 0.265. The SMILES string of the molecule is C=COCCCNCc1ccc(C(C)(C)C)s1. The van der Waals surface area contributed by atoms with E-state index < -0.39 is 0 Å². The zero-order valence-electron chi connectivity index (χ0n) is 11.1. The molecule has 0 radical (unpaired) electrons. The van der Waals surface area contributed by atoms with Crippen LogP contribution in [0.2, 0.25) is 0 Å². The molecule has 17 heavy (non-hydrogen) atoms. The standard InChI is InChI=1S/C14H23NOS/c1-5-16-10-6-9-15-11-12-7-8-13(17-12)14(2,3)4/h5,7-8,15H,1,6,9-11H2,2-4H3. The van der Waals surface area contributed by atoms with Gasteiger partial charge in [0.1, 0.15) is 0 Å². The van der Waals surface area contributed by atoms with Crippen molar-refractivity contribution < 1.29 is 4.74 Å². The summed E-state index contributed by atoms with van der Waals surface area (Å²) in [7, 11) is 0. The summed E-state index contributed by atoms with van der Waals surface area (Å²) >= 11 is 1.90. The van der Waals surface area contributed by atoms with Gasteiger partial charge in [-0.25, -0.2) is 0 Å². The van der Waals surface area contributed by atoms with Gasteiger partial charge < -0.3 is 10.1 Å². The normalized spacial score (nSPS) is 11.5. The molecule has 1 rings (SSSR count). The van der Waals surface area contributed by atoms with E-state index in [0.29, 0.717) is 0 Å². The van der Waals surface area contributed by atoms with Gasteiger partial charge in [0.15, 0.2) is 0 Å². The van der Waals surface area contributed by atoms with Crippen LogP contribution in [0.1, 0.15) is 36.9 Å². The summed E-state index contributed by atoms with van der Waals surface area (Å²) < 4.78 is 5.06. The number of hydrogen-bond acceptors (Lipinski definition) is 3. The predicted molar refractivity (Wildman–Crippen MR) is 75.5 cm³/mol. The molecule has 0 saturated heterocycles. The molecule has 0 amide bonds. The Bertz CT molecular complexity index is 338. The Labute approximate surface area is 109 Å². The highest BCUT2D eigenvalue weighted by Crippen LogP contribution is 2.29. The number of nitrogens with one attached hydrogen (secondary N) is 1. The van der Waals surface area contributed by atoms with Crippen molar-refractivity contribution >= 4 is 11.3 Å². The largest absolute Gasteiger partial charge is 0.502 e. The summed E-state index contributed by atoms with van der Waals surface area (Å²) in [6.07, 6.45) is 2.51. The monoisotopic (exact) mass is 253 g/mol. The zero-order chi connectivity index (χ0) is 12.7. The van der Waals surface area contributed by atoms with Gasteiger partial charge in [-0.2, -0.15) is 0 Å². The van der Waals surface area contributed by atoms with Crippen LogP contribution >= 0.6 is 11.3 Å². The van der Waals surface area contributed by atoms with Crippen LogP contribution in [-0.2, 0) is 16.7 Å². The van der Waals surface area contributed by atoms with Crippen LogP contribution in [-0.4, -0.2) is 13.2 Å². The highest BCUT2D eigenvalue weighted by molar-refractivity contribution is 7.12. The molecule has 0 spiro atoms. The van der Waals surface area contributed by atoms with Gasteiger partial charge >= 0.3 is 0 Å². The van der Waals surface area contributed by atoms with E-state index in [1.807, 2.05) is 11.3 Å². The molecule has 1 heterocycles. The van der Waals surface area contributed by atoms with E-state index in [2.05, 4.69) is 44.8 Å². The molecule has 0 fully saturated rings. The fourth-order valence-corrected chi connectivity index (χ4v) is 2.49.